The number of thioether (sulfide) groups is 1. The molecule has 0 aliphatic heterocycles. The molecule has 0 fully saturated rings. The maximum atomic E-state index is 11.7. The summed E-state index contributed by atoms with van der Waals surface area (Å²) >= 11 is 1.13. The molecule has 6 nitrogen and oxygen atoms in total. The molecule has 0 aliphatic carbocycles. The zero-order chi connectivity index (χ0) is 15.5. The molecule has 0 amide bonds. The lowest BCUT2D eigenvalue weighted by Crippen LogP contribution is -2.07. The standard InChI is InChI=1S/C13H20N3O3PS/c1-3-4-5-6-10-9-11(13(21-2)20(17,18)19)16-12(15-10)7-8-14-16/h7-9,13H,3-6H2,1-2H3,(H2,17,18,19). The normalized spacial score (nSPS) is 13.7. The molecule has 8 heteroatoms. The molecule has 0 spiro atoms. The van der Waals surface area contributed by atoms with Gasteiger partial charge in [-0.05, 0) is 25.2 Å². The van der Waals surface area contributed by atoms with Crippen LogP contribution in [0.4, 0.5) is 0 Å². The summed E-state index contributed by atoms with van der Waals surface area (Å²) in [7, 11) is -4.25. The van der Waals surface area contributed by atoms with Crippen molar-refractivity contribution in [2.45, 2.75) is 37.6 Å². The van der Waals surface area contributed by atoms with Crippen LogP contribution in [0.25, 0.3) is 5.65 Å². The van der Waals surface area contributed by atoms with Crippen molar-refractivity contribution in [2.75, 3.05) is 6.26 Å². The predicted octanol–water partition coefficient (Wildman–Crippen LogP) is 3.00. The van der Waals surface area contributed by atoms with Gasteiger partial charge in [0.1, 0.15) is 4.99 Å². The number of unbranched alkanes of at least 4 members (excludes halogenated alkanes) is 2. The second kappa shape index (κ2) is 6.92. The Labute approximate surface area is 128 Å². The molecule has 2 heterocycles. The Hall–Kier alpha value is -0.880. The molecule has 2 aromatic heterocycles. The summed E-state index contributed by atoms with van der Waals surface area (Å²) in [6.45, 7) is 2.14. The summed E-state index contributed by atoms with van der Waals surface area (Å²) in [6.07, 6.45) is 7.36. The van der Waals surface area contributed by atoms with E-state index in [0.29, 0.717) is 11.3 Å². The van der Waals surface area contributed by atoms with Crippen LogP contribution in [-0.4, -0.2) is 30.6 Å². The maximum absolute atomic E-state index is 11.7. The summed E-state index contributed by atoms with van der Waals surface area (Å²) in [6, 6.07) is 3.53. The van der Waals surface area contributed by atoms with E-state index in [4.69, 9.17) is 0 Å². The highest BCUT2D eigenvalue weighted by Crippen LogP contribution is 2.57. The van der Waals surface area contributed by atoms with Gasteiger partial charge in [-0.1, -0.05) is 19.8 Å². The van der Waals surface area contributed by atoms with Crippen molar-refractivity contribution in [3.63, 3.8) is 0 Å². The van der Waals surface area contributed by atoms with Crippen molar-refractivity contribution in [2.24, 2.45) is 0 Å². The van der Waals surface area contributed by atoms with Gasteiger partial charge in [0.2, 0.25) is 0 Å². The lowest BCUT2D eigenvalue weighted by atomic mass is 10.1. The fourth-order valence-corrected chi connectivity index (χ4v) is 4.32. The molecule has 0 radical (unpaired) electrons. The summed E-state index contributed by atoms with van der Waals surface area (Å²) in [5, 5.41) is 4.14. The van der Waals surface area contributed by atoms with Gasteiger partial charge in [0, 0.05) is 11.8 Å². The molecule has 2 aromatic rings. The first-order chi connectivity index (χ1) is 9.97. The van der Waals surface area contributed by atoms with Crippen LogP contribution in [0.1, 0.15) is 42.6 Å². The highest BCUT2D eigenvalue weighted by molar-refractivity contribution is 8.04. The first-order valence-corrected chi connectivity index (χ1v) is 9.86. The van der Waals surface area contributed by atoms with Gasteiger partial charge in [-0.2, -0.15) is 5.10 Å². The highest BCUT2D eigenvalue weighted by Gasteiger charge is 2.32. The molecule has 0 aromatic carbocycles. The average Bonchev–Trinajstić information content (AvgIpc) is 2.86. The lowest BCUT2D eigenvalue weighted by Gasteiger charge is -2.18. The van der Waals surface area contributed by atoms with Crippen molar-refractivity contribution in [1.82, 2.24) is 14.6 Å². The molecular weight excluding hydrogens is 309 g/mol. The fourth-order valence-electron chi connectivity index (χ4n) is 2.28. The zero-order valence-corrected chi connectivity index (χ0v) is 13.8. The van der Waals surface area contributed by atoms with E-state index in [0.717, 1.165) is 43.1 Å². The van der Waals surface area contributed by atoms with Gasteiger partial charge in [0.25, 0.3) is 0 Å². The quantitative estimate of drug-likeness (QED) is 0.600. The first-order valence-electron chi connectivity index (χ1n) is 6.89. The van der Waals surface area contributed by atoms with E-state index in [2.05, 4.69) is 17.0 Å². The third-order valence-electron chi connectivity index (χ3n) is 3.26. The summed E-state index contributed by atoms with van der Waals surface area (Å²) in [5.41, 5.74) is 2.00. The van der Waals surface area contributed by atoms with Gasteiger partial charge in [-0.25, -0.2) is 9.50 Å². The molecule has 2 N–H and O–H groups in total. The largest absolute Gasteiger partial charge is 0.344 e. The maximum Gasteiger partial charge on any atom is 0.344 e. The molecule has 0 bridgehead atoms. The Bertz CT molecular complexity index is 655. The number of rotatable bonds is 7. The van der Waals surface area contributed by atoms with Crippen molar-refractivity contribution >= 4 is 25.0 Å². The van der Waals surface area contributed by atoms with Crippen molar-refractivity contribution in [3.8, 4) is 0 Å². The number of hydrogen-bond donors (Lipinski definition) is 2. The molecule has 0 aliphatic rings. The molecule has 116 valence electrons. The Kier molecular flexibility index (Phi) is 5.43. The van der Waals surface area contributed by atoms with Gasteiger partial charge in [0.15, 0.2) is 5.65 Å². The third kappa shape index (κ3) is 3.86. The van der Waals surface area contributed by atoms with Crippen LogP contribution >= 0.6 is 19.4 Å². The van der Waals surface area contributed by atoms with Crippen LogP contribution < -0.4 is 0 Å². The minimum atomic E-state index is -4.25. The van der Waals surface area contributed by atoms with Crippen molar-refractivity contribution in [3.05, 3.63) is 29.7 Å². The van der Waals surface area contributed by atoms with E-state index in [1.54, 1.807) is 24.6 Å². The SMILES string of the molecule is CCCCCc1cc(C(SC)P(=O)(O)O)n2nccc2n1. The number of aromatic nitrogens is 3. The third-order valence-corrected chi connectivity index (χ3v) is 6.28. The van der Waals surface area contributed by atoms with E-state index in [9.17, 15) is 14.4 Å². The second-order valence-corrected chi connectivity index (χ2v) is 7.89. The van der Waals surface area contributed by atoms with Gasteiger partial charge < -0.3 is 9.79 Å². The van der Waals surface area contributed by atoms with Gasteiger partial charge in [-0.3, -0.25) is 4.57 Å². The molecule has 0 saturated carbocycles. The number of fused-ring (bicyclic) bond motifs is 1. The lowest BCUT2D eigenvalue weighted by molar-refractivity contribution is 0.369. The Morgan fingerprint density at radius 2 is 2.19 bits per heavy atom. The minimum absolute atomic E-state index is 0.511. The zero-order valence-electron chi connectivity index (χ0n) is 12.1. The molecular formula is C13H20N3O3PS. The van der Waals surface area contributed by atoms with E-state index in [1.807, 2.05) is 0 Å². The van der Waals surface area contributed by atoms with Gasteiger partial charge in [-0.15, -0.1) is 11.8 Å². The fraction of sp³-hybridized carbons (Fsp3) is 0.538. The predicted molar refractivity (Wildman–Crippen MR) is 84.5 cm³/mol. The first kappa shape index (κ1) is 16.5. The molecule has 1 atom stereocenters. The van der Waals surface area contributed by atoms with Gasteiger partial charge >= 0.3 is 7.60 Å². The molecule has 2 rings (SSSR count). The van der Waals surface area contributed by atoms with E-state index >= 15 is 0 Å². The molecule has 0 saturated heterocycles. The van der Waals surface area contributed by atoms with Gasteiger partial charge in [0.05, 0.1) is 11.9 Å². The van der Waals surface area contributed by atoms with Crippen LogP contribution in [0.15, 0.2) is 18.3 Å². The van der Waals surface area contributed by atoms with E-state index < -0.39 is 12.6 Å². The van der Waals surface area contributed by atoms with Crippen molar-refractivity contribution in [1.29, 1.82) is 0 Å². The summed E-state index contributed by atoms with van der Waals surface area (Å²) < 4.78 is 13.2. The average molecular weight is 329 g/mol. The van der Waals surface area contributed by atoms with E-state index in [-0.39, 0.29) is 0 Å². The van der Waals surface area contributed by atoms with Crippen LogP contribution in [-0.2, 0) is 11.0 Å². The number of nitrogens with zero attached hydrogens (tertiary/aromatic N) is 3. The number of hydrogen-bond acceptors (Lipinski definition) is 4. The Balaban J connectivity index is 2.45. The second-order valence-electron chi connectivity index (χ2n) is 4.91. The van der Waals surface area contributed by atoms with Crippen LogP contribution in [0.5, 0.6) is 0 Å². The monoisotopic (exact) mass is 329 g/mol. The highest BCUT2D eigenvalue weighted by atomic mass is 32.2. The summed E-state index contributed by atoms with van der Waals surface area (Å²) in [4.78, 5) is 22.7. The Morgan fingerprint density at radius 3 is 2.81 bits per heavy atom. The Morgan fingerprint density at radius 1 is 1.43 bits per heavy atom. The van der Waals surface area contributed by atoms with Crippen LogP contribution in [0.3, 0.4) is 0 Å². The minimum Gasteiger partial charge on any atom is -0.323 e. The number of aryl methyl sites for hydroxylation is 1. The van der Waals surface area contributed by atoms with Crippen molar-refractivity contribution < 1.29 is 14.4 Å². The van der Waals surface area contributed by atoms with Crippen LogP contribution in [0, 0.1) is 0 Å². The molecule has 1 unspecified atom stereocenters. The summed E-state index contributed by atoms with van der Waals surface area (Å²) in [5.74, 6) is 0. The van der Waals surface area contributed by atoms with Crippen LogP contribution in [0.2, 0.25) is 0 Å². The van der Waals surface area contributed by atoms with E-state index in [1.165, 1.54) is 4.52 Å². The smallest absolute Gasteiger partial charge is 0.323 e. The molecule has 21 heavy (non-hydrogen) atoms. The topological polar surface area (TPSA) is 87.7 Å².